The minimum Gasteiger partial charge on any atom is -0.386 e. The summed E-state index contributed by atoms with van der Waals surface area (Å²) in [7, 11) is 0. The zero-order valence-electron chi connectivity index (χ0n) is 10.5. The molecule has 1 heterocycles. The van der Waals surface area contributed by atoms with Crippen molar-refractivity contribution < 1.29 is 9.90 Å². The number of amides is 1. The molecule has 1 aliphatic heterocycles. The molecule has 0 aliphatic carbocycles. The Kier molecular flexibility index (Phi) is 4.07. The van der Waals surface area contributed by atoms with Crippen LogP contribution in [0.5, 0.6) is 0 Å². The van der Waals surface area contributed by atoms with E-state index in [0.29, 0.717) is 25.9 Å². The number of carbonyl (C=O) groups excluding carboxylic acids is 1. The number of hydrogen-bond acceptors (Lipinski definition) is 2. The van der Waals surface area contributed by atoms with Crippen molar-refractivity contribution >= 4 is 21.8 Å². The molecular weight excluding hydrogens is 294 g/mol. The van der Waals surface area contributed by atoms with Gasteiger partial charge in [0, 0.05) is 10.9 Å². The molecule has 1 aromatic carbocycles. The van der Waals surface area contributed by atoms with E-state index in [2.05, 4.69) is 15.9 Å². The zero-order valence-corrected chi connectivity index (χ0v) is 12.1. The van der Waals surface area contributed by atoms with Gasteiger partial charge in [-0.25, -0.2) is 0 Å². The van der Waals surface area contributed by atoms with Gasteiger partial charge in [0.2, 0.25) is 5.91 Å². The smallest absolute Gasteiger partial charge is 0.223 e. The van der Waals surface area contributed by atoms with E-state index in [1.807, 2.05) is 31.2 Å². The molecule has 1 aliphatic rings. The van der Waals surface area contributed by atoms with Crippen LogP contribution in [-0.2, 0) is 11.2 Å². The third-order valence-corrected chi connectivity index (χ3v) is 3.99. The second-order valence-electron chi connectivity index (χ2n) is 4.96. The summed E-state index contributed by atoms with van der Waals surface area (Å²) in [6.45, 7) is 2.92. The molecule has 0 radical (unpaired) electrons. The van der Waals surface area contributed by atoms with Gasteiger partial charge in [-0.1, -0.05) is 35.0 Å². The highest BCUT2D eigenvalue weighted by molar-refractivity contribution is 9.10. The van der Waals surface area contributed by atoms with Crippen molar-refractivity contribution in [3.05, 3.63) is 34.3 Å². The first kappa shape index (κ1) is 13.6. The van der Waals surface area contributed by atoms with E-state index in [-0.39, 0.29) is 5.91 Å². The average molecular weight is 312 g/mol. The Morgan fingerprint density at radius 2 is 2.22 bits per heavy atom. The molecule has 1 amide bonds. The third-order valence-electron chi connectivity index (χ3n) is 3.50. The fourth-order valence-electron chi connectivity index (χ4n) is 2.17. The highest BCUT2D eigenvalue weighted by Gasteiger charge is 2.41. The predicted molar refractivity (Wildman–Crippen MR) is 74.3 cm³/mol. The van der Waals surface area contributed by atoms with E-state index in [1.54, 1.807) is 4.90 Å². The van der Waals surface area contributed by atoms with E-state index in [9.17, 15) is 9.90 Å². The maximum absolute atomic E-state index is 11.9. The quantitative estimate of drug-likeness (QED) is 0.927. The van der Waals surface area contributed by atoms with Crippen LogP contribution in [0.2, 0.25) is 0 Å². The lowest BCUT2D eigenvalue weighted by molar-refractivity contribution is -0.155. The third kappa shape index (κ3) is 3.12. The number of carbonyl (C=O) groups is 1. The van der Waals surface area contributed by atoms with Crippen LogP contribution in [0.3, 0.4) is 0 Å². The molecule has 0 aromatic heterocycles. The van der Waals surface area contributed by atoms with Gasteiger partial charge in [0.05, 0.1) is 18.7 Å². The second kappa shape index (κ2) is 5.41. The van der Waals surface area contributed by atoms with Gasteiger partial charge in [0.25, 0.3) is 0 Å². The lowest BCUT2D eigenvalue weighted by Gasteiger charge is -2.46. The zero-order chi connectivity index (χ0) is 13.2. The number of β-amino-alcohol motifs (C(OH)–C–C–N with tert-alkyl or cyclic N) is 1. The van der Waals surface area contributed by atoms with Gasteiger partial charge in [0.1, 0.15) is 0 Å². The highest BCUT2D eigenvalue weighted by Crippen LogP contribution is 2.25. The standard InChI is InChI=1S/C14H18BrNO2/c1-2-14(18)9-16(10-14)13(17)7-6-11-4-3-5-12(15)8-11/h3-5,8,18H,2,6-7,9-10H2,1H3. The van der Waals surface area contributed by atoms with Crippen LogP contribution in [0.1, 0.15) is 25.3 Å². The number of benzene rings is 1. The van der Waals surface area contributed by atoms with Crippen LogP contribution < -0.4 is 0 Å². The Balaban J connectivity index is 1.80. The number of rotatable bonds is 4. The second-order valence-corrected chi connectivity index (χ2v) is 5.87. The number of aliphatic hydroxyl groups is 1. The van der Waals surface area contributed by atoms with Gasteiger partial charge >= 0.3 is 0 Å². The molecule has 0 unspecified atom stereocenters. The molecule has 0 bridgehead atoms. The minimum absolute atomic E-state index is 0.133. The Morgan fingerprint density at radius 3 is 2.83 bits per heavy atom. The Hall–Kier alpha value is -0.870. The number of nitrogens with zero attached hydrogens (tertiary/aromatic N) is 1. The molecule has 0 saturated carbocycles. The normalized spacial score (nSPS) is 17.4. The van der Waals surface area contributed by atoms with Gasteiger partial charge in [0.15, 0.2) is 0 Å². The van der Waals surface area contributed by atoms with Crippen LogP contribution in [-0.4, -0.2) is 34.6 Å². The molecule has 1 fully saturated rings. The molecule has 18 heavy (non-hydrogen) atoms. The number of aryl methyl sites for hydroxylation is 1. The van der Waals surface area contributed by atoms with Crippen LogP contribution in [0.25, 0.3) is 0 Å². The van der Waals surface area contributed by atoms with Gasteiger partial charge < -0.3 is 10.0 Å². The lowest BCUT2D eigenvalue weighted by Crippen LogP contribution is -2.63. The molecule has 4 heteroatoms. The molecule has 2 rings (SSSR count). The first-order valence-corrected chi connectivity index (χ1v) is 7.06. The van der Waals surface area contributed by atoms with Gasteiger partial charge in [-0.15, -0.1) is 0 Å². The van der Waals surface area contributed by atoms with Crippen LogP contribution >= 0.6 is 15.9 Å². The molecule has 98 valence electrons. The van der Waals surface area contributed by atoms with Crippen molar-refractivity contribution in [3.8, 4) is 0 Å². The summed E-state index contributed by atoms with van der Waals surface area (Å²) in [6.07, 6.45) is 1.97. The fourth-order valence-corrected chi connectivity index (χ4v) is 2.61. The number of halogens is 1. The number of hydrogen-bond donors (Lipinski definition) is 1. The van der Waals surface area contributed by atoms with Crippen LogP contribution in [0.4, 0.5) is 0 Å². The Bertz CT molecular complexity index is 441. The summed E-state index contributed by atoms with van der Waals surface area (Å²) in [6, 6.07) is 8.01. The maximum Gasteiger partial charge on any atom is 0.223 e. The first-order chi connectivity index (χ1) is 8.52. The molecule has 1 aromatic rings. The summed E-state index contributed by atoms with van der Waals surface area (Å²) in [5.74, 6) is 0.133. The van der Waals surface area contributed by atoms with E-state index in [4.69, 9.17) is 0 Å². The molecule has 0 spiro atoms. The monoisotopic (exact) mass is 311 g/mol. The van der Waals surface area contributed by atoms with Crippen molar-refractivity contribution in [2.24, 2.45) is 0 Å². The Morgan fingerprint density at radius 1 is 1.50 bits per heavy atom. The SMILES string of the molecule is CCC1(O)CN(C(=O)CCc2cccc(Br)c2)C1. The van der Waals surface area contributed by atoms with E-state index >= 15 is 0 Å². The highest BCUT2D eigenvalue weighted by atomic mass is 79.9. The van der Waals surface area contributed by atoms with Crippen molar-refractivity contribution in [3.63, 3.8) is 0 Å². The van der Waals surface area contributed by atoms with Gasteiger partial charge in [-0.05, 0) is 30.5 Å². The number of likely N-dealkylation sites (tertiary alicyclic amines) is 1. The topological polar surface area (TPSA) is 40.5 Å². The minimum atomic E-state index is -0.633. The molecular formula is C14H18BrNO2. The molecule has 1 saturated heterocycles. The van der Waals surface area contributed by atoms with Crippen LogP contribution in [0, 0.1) is 0 Å². The van der Waals surface area contributed by atoms with Crippen LogP contribution in [0.15, 0.2) is 28.7 Å². The largest absolute Gasteiger partial charge is 0.386 e. The summed E-state index contributed by atoms with van der Waals surface area (Å²) < 4.78 is 1.04. The van der Waals surface area contributed by atoms with Crippen molar-refractivity contribution in [2.45, 2.75) is 31.8 Å². The van der Waals surface area contributed by atoms with Gasteiger partial charge in [-0.2, -0.15) is 0 Å². The Labute approximate surface area is 116 Å². The van der Waals surface area contributed by atoms with E-state index < -0.39 is 5.60 Å². The predicted octanol–water partition coefficient (Wildman–Crippen LogP) is 2.37. The molecule has 1 N–H and O–H groups in total. The van der Waals surface area contributed by atoms with E-state index in [0.717, 1.165) is 16.5 Å². The summed E-state index contributed by atoms with van der Waals surface area (Å²) in [4.78, 5) is 13.6. The summed E-state index contributed by atoms with van der Waals surface area (Å²) >= 11 is 3.42. The van der Waals surface area contributed by atoms with E-state index in [1.165, 1.54) is 0 Å². The lowest BCUT2D eigenvalue weighted by atomic mass is 9.91. The molecule has 0 atom stereocenters. The summed E-state index contributed by atoms with van der Waals surface area (Å²) in [5.41, 5.74) is 0.523. The van der Waals surface area contributed by atoms with Crippen molar-refractivity contribution in [1.82, 2.24) is 4.90 Å². The molecule has 3 nitrogen and oxygen atoms in total. The average Bonchev–Trinajstić information content (AvgIpc) is 2.32. The fraction of sp³-hybridized carbons (Fsp3) is 0.500. The first-order valence-electron chi connectivity index (χ1n) is 6.27. The van der Waals surface area contributed by atoms with Crippen molar-refractivity contribution in [1.29, 1.82) is 0 Å². The van der Waals surface area contributed by atoms with Gasteiger partial charge in [-0.3, -0.25) is 4.79 Å². The maximum atomic E-state index is 11.9. The summed E-state index contributed by atoms with van der Waals surface area (Å²) in [5, 5.41) is 9.86. The van der Waals surface area contributed by atoms with Crippen molar-refractivity contribution in [2.75, 3.05) is 13.1 Å².